The van der Waals surface area contributed by atoms with Crippen LogP contribution in [-0.4, -0.2) is 57.3 Å². The molecule has 192 valence electrons. The number of cyclic esters (lactones) is 1. The Labute approximate surface area is 206 Å². The molecule has 4 saturated carbocycles. The average molecular weight is 487 g/mol. The maximum atomic E-state index is 13.6. The van der Waals surface area contributed by atoms with Crippen LogP contribution in [0.1, 0.15) is 79.6 Å². The van der Waals surface area contributed by atoms with Crippen molar-refractivity contribution in [2.75, 3.05) is 0 Å². The van der Waals surface area contributed by atoms with E-state index in [9.17, 15) is 19.8 Å². The van der Waals surface area contributed by atoms with E-state index in [0.717, 1.165) is 31.3 Å². The number of esters is 1. The fourth-order valence-corrected chi connectivity index (χ4v) is 10.4. The zero-order valence-corrected chi connectivity index (χ0v) is 21.4. The second-order valence-corrected chi connectivity index (χ2v) is 13.2. The van der Waals surface area contributed by atoms with Crippen molar-refractivity contribution in [2.24, 2.45) is 34.5 Å². The molecular formula is C28H38O7. The van der Waals surface area contributed by atoms with Gasteiger partial charge in [-0.05, 0) is 76.2 Å². The summed E-state index contributed by atoms with van der Waals surface area (Å²) in [5, 5.41) is 24.9. The summed E-state index contributed by atoms with van der Waals surface area (Å²) in [5.74, 6) is -1.93. The van der Waals surface area contributed by atoms with E-state index in [-0.39, 0.29) is 41.5 Å². The molecule has 2 saturated heterocycles. The molecule has 35 heavy (non-hydrogen) atoms. The Morgan fingerprint density at radius 3 is 2.46 bits per heavy atom. The van der Waals surface area contributed by atoms with E-state index >= 15 is 0 Å². The van der Waals surface area contributed by atoms with Crippen molar-refractivity contribution in [1.29, 1.82) is 0 Å². The van der Waals surface area contributed by atoms with Crippen LogP contribution < -0.4 is 0 Å². The molecule has 2 N–H and O–H groups in total. The fourth-order valence-electron chi connectivity index (χ4n) is 10.4. The van der Waals surface area contributed by atoms with Gasteiger partial charge in [-0.3, -0.25) is 4.79 Å². The lowest BCUT2D eigenvalue weighted by Gasteiger charge is -2.68. The molecule has 0 radical (unpaired) electrons. The Balaban J connectivity index is 1.34. The van der Waals surface area contributed by atoms with Gasteiger partial charge in [0, 0.05) is 24.3 Å². The van der Waals surface area contributed by atoms with E-state index < -0.39 is 40.0 Å². The Morgan fingerprint density at radius 1 is 1.03 bits per heavy atom. The van der Waals surface area contributed by atoms with Crippen LogP contribution in [0.15, 0.2) is 11.1 Å². The summed E-state index contributed by atoms with van der Waals surface area (Å²) in [6, 6.07) is 0. The Morgan fingerprint density at radius 2 is 1.77 bits per heavy atom. The van der Waals surface area contributed by atoms with E-state index in [1.165, 1.54) is 0 Å². The highest BCUT2D eigenvalue weighted by atomic mass is 16.7. The zero-order chi connectivity index (χ0) is 24.9. The van der Waals surface area contributed by atoms with Crippen LogP contribution in [0.2, 0.25) is 0 Å². The van der Waals surface area contributed by atoms with E-state index in [1.54, 1.807) is 6.92 Å². The first-order valence-electron chi connectivity index (χ1n) is 13.6. The lowest BCUT2D eigenvalue weighted by Crippen LogP contribution is -2.76. The number of ketones is 1. The highest BCUT2D eigenvalue weighted by Gasteiger charge is 2.83. The molecule has 3 heterocycles. The van der Waals surface area contributed by atoms with Gasteiger partial charge in [0.1, 0.15) is 17.5 Å². The Hall–Kier alpha value is -1.28. The normalized spacial score (nSPS) is 60.5. The summed E-state index contributed by atoms with van der Waals surface area (Å²) in [7, 11) is 0. The van der Waals surface area contributed by atoms with Crippen molar-refractivity contribution in [3.05, 3.63) is 11.1 Å². The Kier molecular flexibility index (Phi) is 4.18. The third-order valence-electron chi connectivity index (χ3n) is 12.7. The van der Waals surface area contributed by atoms with Gasteiger partial charge >= 0.3 is 5.97 Å². The molecule has 4 aliphatic carbocycles. The van der Waals surface area contributed by atoms with Crippen LogP contribution in [0.4, 0.5) is 0 Å². The molecule has 12 unspecified atom stereocenters. The summed E-state index contributed by atoms with van der Waals surface area (Å²) >= 11 is 0. The highest BCUT2D eigenvalue weighted by molar-refractivity contribution is 5.91. The minimum Gasteiger partial charge on any atom is -0.452 e. The first-order chi connectivity index (χ1) is 16.4. The number of ether oxygens (including phenoxy) is 3. The molecule has 7 aliphatic rings. The first kappa shape index (κ1) is 22.9. The van der Waals surface area contributed by atoms with E-state index in [1.807, 2.05) is 20.8 Å². The largest absolute Gasteiger partial charge is 0.452 e. The number of hydrogen-bond acceptors (Lipinski definition) is 7. The van der Waals surface area contributed by atoms with Crippen LogP contribution >= 0.6 is 0 Å². The predicted molar refractivity (Wildman–Crippen MR) is 124 cm³/mol. The minimum atomic E-state index is -1.63. The van der Waals surface area contributed by atoms with Crippen LogP contribution in [0.25, 0.3) is 0 Å². The maximum absolute atomic E-state index is 13.6. The van der Waals surface area contributed by atoms with Gasteiger partial charge in [-0.15, -0.1) is 0 Å². The van der Waals surface area contributed by atoms with Gasteiger partial charge in [-0.25, -0.2) is 4.79 Å². The minimum absolute atomic E-state index is 0.0258. The zero-order valence-electron chi connectivity index (χ0n) is 21.4. The Bertz CT molecular complexity index is 1080. The summed E-state index contributed by atoms with van der Waals surface area (Å²) in [5.41, 5.74) is -1.73. The van der Waals surface area contributed by atoms with Crippen molar-refractivity contribution in [3.8, 4) is 0 Å². The van der Waals surface area contributed by atoms with Gasteiger partial charge in [0.05, 0.1) is 22.5 Å². The summed E-state index contributed by atoms with van der Waals surface area (Å²) in [6.07, 6.45) is 3.64. The molecule has 0 aromatic carbocycles. The summed E-state index contributed by atoms with van der Waals surface area (Å²) in [6.45, 7) is 9.67. The van der Waals surface area contributed by atoms with E-state index in [2.05, 4.69) is 6.92 Å². The number of rotatable bonds is 1. The molecule has 6 fully saturated rings. The standard InChI is InChI=1S/C28H38O7/c1-13-14(2)23(30)33-21(13)22-15(3)26(31)10-8-17-16-11-20-27(34-20)9-6-7-19(29)24(27,4)18(16)12-28(32,35-22)25(17,26)5/h15-18,20-22,31-32H,6-12H2,1-5H3. The highest BCUT2D eigenvalue weighted by Crippen LogP contribution is 2.77. The van der Waals surface area contributed by atoms with Gasteiger partial charge < -0.3 is 24.4 Å². The molecule has 12 atom stereocenters. The second-order valence-electron chi connectivity index (χ2n) is 13.2. The van der Waals surface area contributed by atoms with Gasteiger partial charge in [0.15, 0.2) is 11.9 Å². The smallest absolute Gasteiger partial charge is 0.334 e. The van der Waals surface area contributed by atoms with Crippen LogP contribution in [0.3, 0.4) is 0 Å². The summed E-state index contributed by atoms with van der Waals surface area (Å²) < 4.78 is 18.8. The molecule has 0 amide bonds. The predicted octanol–water partition coefficient (Wildman–Crippen LogP) is 3.06. The molecule has 7 rings (SSSR count). The van der Waals surface area contributed by atoms with Crippen molar-refractivity contribution in [3.63, 3.8) is 0 Å². The van der Waals surface area contributed by atoms with Gasteiger partial charge in [0.2, 0.25) is 0 Å². The quantitative estimate of drug-likeness (QED) is 0.433. The van der Waals surface area contributed by atoms with Gasteiger partial charge in [-0.1, -0.05) is 13.8 Å². The number of Topliss-reactive ketones (excluding diaryl/α,β-unsaturated/α-hetero) is 1. The van der Waals surface area contributed by atoms with Gasteiger partial charge in [0.25, 0.3) is 0 Å². The molecule has 1 spiro atoms. The van der Waals surface area contributed by atoms with E-state index in [4.69, 9.17) is 14.2 Å². The third kappa shape index (κ3) is 2.23. The van der Waals surface area contributed by atoms with Crippen molar-refractivity contribution in [2.45, 2.75) is 115 Å². The summed E-state index contributed by atoms with van der Waals surface area (Å²) in [4.78, 5) is 25.9. The number of carbonyl (C=O) groups is 2. The fraction of sp³-hybridized carbons (Fsp3) is 0.857. The molecule has 3 aliphatic heterocycles. The molecular weight excluding hydrogens is 448 g/mol. The van der Waals surface area contributed by atoms with Gasteiger partial charge in [-0.2, -0.15) is 0 Å². The number of hydrogen-bond donors (Lipinski definition) is 2. The molecule has 7 heteroatoms. The molecule has 0 bridgehead atoms. The first-order valence-corrected chi connectivity index (χ1v) is 13.6. The van der Waals surface area contributed by atoms with Crippen LogP contribution in [-0.2, 0) is 23.8 Å². The van der Waals surface area contributed by atoms with Crippen LogP contribution in [0.5, 0.6) is 0 Å². The van der Waals surface area contributed by atoms with Crippen molar-refractivity contribution < 1.29 is 34.0 Å². The van der Waals surface area contributed by atoms with Crippen molar-refractivity contribution >= 4 is 11.8 Å². The molecule has 7 nitrogen and oxygen atoms in total. The second kappa shape index (κ2) is 6.40. The number of aliphatic hydroxyl groups is 2. The SMILES string of the molecule is CC1=C(C)C(C2OC3(O)CC4C(CC5OC56CCCC(=O)C46C)C4CCC(O)(C2C)C43C)OC1=O. The van der Waals surface area contributed by atoms with Crippen molar-refractivity contribution in [1.82, 2.24) is 0 Å². The molecule has 0 aromatic heterocycles. The number of epoxide rings is 1. The average Bonchev–Trinajstić information content (AvgIpc) is 3.36. The number of fused-ring (bicyclic) bond motifs is 3. The third-order valence-corrected chi connectivity index (χ3v) is 12.7. The maximum Gasteiger partial charge on any atom is 0.334 e. The monoisotopic (exact) mass is 486 g/mol. The van der Waals surface area contributed by atoms with E-state index in [0.29, 0.717) is 24.8 Å². The topological polar surface area (TPSA) is 106 Å². The lowest BCUT2D eigenvalue weighted by molar-refractivity contribution is -0.414. The lowest BCUT2D eigenvalue weighted by atomic mass is 9.41. The molecule has 0 aromatic rings. The van der Waals surface area contributed by atoms with Crippen LogP contribution in [0, 0.1) is 34.5 Å². The number of carbonyl (C=O) groups excluding carboxylic acids is 2.